The van der Waals surface area contributed by atoms with Crippen LogP contribution in [-0.4, -0.2) is 39.9 Å². The van der Waals surface area contributed by atoms with E-state index in [1.54, 1.807) is 7.11 Å². The van der Waals surface area contributed by atoms with Crippen LogP contribution in [0.15, 0.2) is 38.4 Å². The van der Waals surface area contributed by atoms with Crippen LogP contribution in [0, 0.1) is 13.8 Å². The van der Waals surface area contributed by atoms with Crippen LogP contribution in [-0.2, 0) is 6.61 Å². The topological polar surface area (TPSA) is 46.6 Å². The molecule has 4 rings (SSSR count). The molecule has 0 aliphatic carbocycles. The average molecular weight is 564 g/mol. The molecular weight excluding hydrogens is 535 g/mol. The molecule has 2 aliphatic heterocycles. The molecule has 32 heavy (non-hydrogen) atoms. The van der Waals surface area contributed by atoms with E-state index in [0.29, 0.717) is 23.7 Å². The molecule has 0 fully saturated rings. The second-order valence-electron chi connectivity index (χ2n) is 9.09. The number of fused-ring (bicyclic) bond motifs is 2. The number of allylic oxidation sites excluding steroid dienone is 2. The Morgan fingerprint density at radius 3 is 2.44 bits per heavy atom. The minimum Gasteiger partial charge on any atom is -0.493 e. The fourth-order valence-corrected chi connectivity index (χ4v) is 6.26. The lowest BCUT2D eigenvalue weighted by Gasteiger charge is -2.40. The number of ether oxygens (including phenoxy) is 2. The van der Waals surface area contributed by atoms with Gasteiger partial charge in [-0.05, 0) is 70.0 Å². The fourth-order valence-electron chi connectivity index (χ4n) is 5.50. The van der Waals surface area contributed by atoms with Crippen molar-refractivity contribution in [3.8, 4) is 11.5 Å². The van der Waals surface area contributed by atoms with Crippen molar-refractivity contribution >= 4 is 49.6 Å². The third kappa shape index (κ3) is 3.17. The Bertz CT molecular complexity index is 1220. The van der Waals surface area contributed by atoms with Gasteiger partial charge in [-0.3, -0.25) is 0 Å². The summed E-state index contributed by atoms with van der Waals surface area (Å²) in [6.07, 6.45) is -1.11. The standard InChI is InChI=1S/C24H29BBr2N2O3/c1-13-20(26)15(3)28-22(13)18(12-32-24-17(11-30)9-8-10-19(24)31-7)23-14(2)21(27)16(4)29(23)25(28,5)6/h8-10,30H,11-12H2,1-7H3. The molecule has 0 saturated heterocycles. The minimum atomic E-state index is -1.11. The normalized spacial score (nSPS) is 17.2. The molecule has 0 atom stereocenters. The zero-order valence-electron chi connectivity index (χ0n) is 19.6. The lowest BCUT2D eigenvalue weighted by molar-refractivity contribution is -0.336. The van der Waals surface area contributed by atoms with Crippen LogP contribution in [0.4, 0.5) is 0 Å². The average Bonchev–Trinajstić information content (AvgIpc) is 3.14. The minimum absolute atomic E-state index is 0.113. The third-order valence-electron chi connectivity index (χ3n) is 6.86. The molecule has 0 amide bonds. The van der Waals surface area contributed by atoms with Crippen LogP contribution < -0.4 is 9.47 Å². The summed E-state index contributed by atoms with van der Waals surface area (Å²) in [7, 11) is 1.62. The summed E-state index contributed by atoms with van der Waals surface area (Å²) in [6, 6.07) is 5.58. The maximum absolute atomic E-state index is 9.87. The van der Waals surface area contributed by atoms with Crippen molar-refractivity contribution in [2.24, 2.45) is 0 Å². The molecule has 1 aromatic carbocycles. The van der Waals surface area contributed by atoms with Gasteiger partial charge in [0.1, 0.15) is 12.3 Å². The van der Waals surface area contributed by atoms with E-state index in [4.69, 9.17) is 9.47 Å². The van der Waals surface area contributed by atoms with Gasteiger partial charge in [0.25, 0.3) is 0 Å². The molecule has 8 heteroatoms. The van der Waals surface area contributed by atoms with E-state index in [0.717, 1.165) is 14.5 Å². The number of methoxy groups -OCH3 is 1. The molecule has 1 aromatic heterocycles. The van der Waals surface area contributed by atoms with Crippen molar-refractivity contribution in [2.75, 3.05) is 13.7 Å². The molecule has 0 unspecified atom stereocenters. The van der Waals surface area contributed by atoms with Gasteiger partial charge >= 0.3 is 6.42 Å². The van der Waals surface area contributed by atoms with Gasteiger partial charge in [0.2, 0.25) is 0 Å². The summed E-state index contributed by atoms with van der Waals surface area (Å²) in [4.78, 5) is 0. The largest absolute Gasteiger partial charge is 0.493 e. The molecule has 5 nitrogen and oxygen atoms in total. The highest BCUT2D eigenvalue weighted by molar-refractivity contribution is 9.12. The summed E-state index contributed by atoms with van der Waals surface area (Å²) >= 11 is 7.66. The van der Waals surface area contributed by atoms with Gasteiger partial charge in [0.15, 0.2) is 17.2 Å². The summed E-state index contributed by atoms with van der Waals surface area (Å²) in [5.41, 5.74) is 9.05. The van der Waals surface area contributed by atoms with Gasteiger partial charge in [-0.25, -0.2) is 0 Å². The summed E-state index contributed by atoms with van der Waals surface area (Å²) in [5, 5.41) is 9.87. The highest BCUT2D eigenvalue weighted by Crippen LogP contribution is 2.46. The van der Waals surface area contributed by atoms with E-state index in [2.05, 4.69) is 82.2 Å². The number of hydrogen-bond acceptors (Lipinski definition) is 3. The summed E-state index contributed by atoms with van der Waals surface area (Å²) in [5.74, 6) is 1.20. The number of aliphatic hydroxyl groups is 1. The van der Waals surface area contributed by atoms with Gasteiger partial charge in [0.05, 0.1) is 23.8 Å². The van der Waals surface area contributed by atoms with Crippen molar-refractivity contribution in [2.45, 2.75) is 47.9 Å². The first-order chi connectivity index (χ1) is 15.1. The number of aliphatic hydroxyl groups excluding tert-OH is 1. The molecule has 170 valence electrons. The Labute approximate surface area is 206 Å². The highest BCUT2D eigenvalue weighted by Gasteiger charge is 2.47. The molecule has 2 aromatic rings. The first-order valence-corrected chi connectivity index (χ1v) is 12.4. The van der Waals surface area contributed by atoms with Crippen LogP contribution in [0.5, 0.6) is 11.5 Å². The van der Waals surface area contributed by atoms with E-state index in [1.807, 2.05) is 18.2 Å². The van der Waals surface area contributed by atoms with Gasteiger partial charge in [-0.2, -0.15) is 0 Å². The summed E-state index contributed by atoms with van der Waals surface area (Å²) in [6.45, 7) is 13.5. The lowest BCUT2D eigenvalue weighted by Crippen LogP contribution is -2.53. The van der Waals surface area contributed by atoms with E-state index >= 15 is 0 Å². The molecule has 3 heterocycles. The van der Waals surface area contributed by atoms with Gasteiger partial charge in [-0.1, -0.05) is 12.1 Å². The smallest absolute Gasteiger partial charge is 0.373 e. The monoisotopic (exact) mass is 562 g/mol. The van der Waals surface area contributed by atoms with Crippen LogP contribution in [0.3, 0.4) is 0 Å². The molecule has 1 N–H and O–H groups in total. The van der Waals surface area contributed by atoms with Crippen molar-refractivity contribution in [1.29, 1.82) is 0 Å². The molecule has 0 spiro atoms. The van der Waals surface area contributed by atoms with Crippen LogP contribution in [0.1, 0.15) is 36.4 Å². The van der Waals surface area contributed by atoms with Crippen LogP contribution in [0.25, 0.3) is 5.57 Å². The third-order valence-corrected chi connectivity index (χ3v) is 9.19. The van der Waals surface area contributed by atoms with Crippen LogP contribution in [0.2, 0.25) is 13.6 Å². The van der Waals surface area contributed by atoms with E-state index < -0.39 is 6.42 Å². The molecule has 0 radical (unpaired) electrons. The second kappa shape index (κ2) is 8.22. The number of benzene rings is 1. The number of nitrogens with zero attached hydrogens (tertiary/aromatic N) is 2. The Hall–Kier alpha value is -1.77. The van der Waals surface area contributed by atoms with E-state index in [1.165, 1.54) is 33.9 Å². The fraction of sp³-hybridized carbons (Fsp3) is 0.375. The first kappa shape index (κ1) is 23.4. The van der Waals surface area contributed by atoms with Crippen LogP contribution >= 0.6 is 31.9 Å². The molecule has 0 bridgehead atoms. The number of rotatable bonds is 5. The van der Waals surface area contributed by atoms with Gasteiger partial charge in [0, 0.05) is 28.2 Å². The number of aromatic nitrogens is 1. The Kier molecular flexibility index (Phi) is 6.01. The molecule has 0 saturated carbocycles. The second-order valence-corrected chi connectivity index (χ2v) is 10.7. The Morgan fingerprint density at radius 1 is 1.12 bits per heavy atom. The first-order valence-electron chi connectivity index (χ1n) is 10.8. The maximum atomic E-state index is 9.87. The predicted molar refractivity (Wildman–Crippen MR) is 138 cm³/mol. The number of para-hydroxylation sites is 1. The lowest BCUT2D eigenvalue weighted by atomic mass is 9.48. The predicted octanol–water partition coefficient (Wildman–Crippen LogP) is 5.88. The number of halogens is 2. The summed E-state index contributed by atoms with van der Waals surface area (Å²) < 4.78 is 19.1. The molecule has 2 aliphatic rings. The van der Waals surface area contributed by atoms with Crippen molar-refractivity contribution < 1.29 is 19.1 Å². The van der Waals surface area contributed by atoms with Crippen molar-refractivity contribution in [1.82, 2.24) is 4.48 Å². The van der Waals surface area contributed by atoms with Crippen molar-refractivity contribution in [3.63, 3.8) is 0 Å². The zero-order chi connectivity index (χ0) is 23.5. The maximum Gasteiger partial charge on any atom is 0.373 e. The van der Waals surface area contributed by atoms with Crippen molar-refractivity contribution in [3.05, 3.63) is 60.9 Å². The van der Waals surface area contributed by atoms with Gasteiger partial charge in [-0.15, -0.1) is 13.6 Å². The zero-order valence-corrected chi connectivity index (χ0v) is 22.8. The quantitative estimate of drug-likeness (QED) is 0.462. The van der Waals surface area contributed by atoms with E-state index in [-0.39, 0.29) is 6.61 Å². The van der Waals surface area contributed by atoms with Gasteiger partial charge < -0.3 is 23.5 Å². The Balaban J connectivity index is 1.96. The SMILES string of the molecule is COc1cccc(CO)c1OCC1=C2C(C)=C(Br)C(C)=[N+]2[B-](C)(C)n2c(C)c(Br)c(C)c21. The van der Waals surface area contributed by atoms with E-state index in [9.17, 15) is 5.11 Å². The number of hydrogen-bond donors (Lipinski definition) is 1. The highest BCUT2D eigenvalue weighted by atomic mass is 79.9. The molecular formula is C24H29BBr2N2O3. The Morgan fingerprint density at radius 2 is 1.81 bits per heavy atom.